The van der Waals surface area contributed by atoms with Crippen LogP contribution in [0.3, 0.4) is 0 Å². The molecule has 7 heteroatoms. The number of benzene rings is 2. The van der Waals surface area contributed by atoms with Gasteiger partial charge in [0.15, 0.2) is 5.01 Å². The third-order valence-electron chi connectivity index (χ3n) is 4.13. The minimum absolute atomic E-state index is 0.313. The molecule has 1 heterocycles. The number of amides is 2. The minimum atomic E-state index is -0.355. The lowest BCUT2D eigenvalue weighted by Gasteiger charge is -2.14. The maximum absolute atomic E-state index is 12.0. The van der Waals surface area contributed by atoms with Gasteiger partial charge in [0.1, 0.15) is 12.4 Å². The molecular weight excluding hydrogens is 360 g/mol. The average molecular weight is 382 g/mol. The molecular formula is C20H22N4O2S. The van der Waals surface area contributed by atoms with Crippen molar-refractivity contribution in [3.05, 3.63) is 65.2 Å². The van der Waals surface area contributed by atoms with E-state index in [1.54, 1.807) is 0 Å². The highest BCUT2D eigenvalue weighted by molar-refractivity contribution is 7.15. The van der Waals surface area contributed by atoms with Gasteiger partial charge in [-0.15, -0.1) is 10.2 Å². The van der Waals surface area contributed by atoms with E-state index in [0.717, 1.165) is 12.2 Å². The molecule has 1 aromatic heterocycles. The molecule has 0 saturated carbocycles. The van der Waals surface area contributed by atoms with Crippen molar-refractivity contribution < 1.29 is 9.53 Å². The summed E-state index contributed by atoms with van der Waals surface area (Å²) in [5.74, 6) is 1.29. The standard InChI is InChI=1S/C20H22N4O2S/c1-3-14(2)16-11-7-8-12-17(16)26-13-18-23-24-20(27-18)22-19(25)21-15-9-5-4-6-10-15/h4-12,14H,3,13H2,1-2H3,(H2,21,22,24,25)/t14-/m1/s1. The third-order valence-corrected chi connectivity index (χ3v) is 4.94. The Kier molecular flexibility index (Phi) is 6.38. The van der Waals surface area contributed by atoms with Crippen molar-refractivity contribution in [3.8, 4) is 5.75 Å². The summed E-state index contributed by atoms with van der Waals surface area (Å²) in [5.41, 5.74) is 1.90. The summed E-state index contributed by atoms with van der Waals surface area (Å²) >= 11 is 1.29. The fourth-order valence-electron chi connectivity index (χ4n) is 2.52. The summed E-state index contributed by atoms with van der Waals surface area (Å²) in [5, 5.41) is 14.6. The highest BCUT2D eigenvalue weighted by atomic mass is 32.1. The van der Waals surface area contributed by atoms with E-state index in [-0.39, 0.29) is 6.03 Å². The van der Waals surface area contributed by atoms with Crippen molar-refractivity contribution in [2.45, 2.75) is 32.8 Å². The number of carbonyl (C=O) groups is 1. The van der Waals surface area contributed by atoms with Gasteiger partial charge >= 0.3 is 6.03 Å². The Bertz CT molecular complexity index is 882. The molecule has 2 N–H and O–H groups in total. The van der Waals surface area contributed by atoms with Crippen molar-refractivity contribution in [1.82, 2.24) is 10.2 Å². The first-order valence-corrected chi connectivity index (χ1v) is 9.64. The molecule has 3 aromatic rings. The first-order valence-electron chi connectivity index (χ1n) is 8.83. The van der Waals surface area contributed by atoms with E-state index in [0.29, 0.717) is 28.4 Å². The Morgan fingerprint density at radius 2 is 1.81 bits per heavy atom. The zero-order chi connectivity index (χ0) is 19.1. The summed E-state index contributed by atoms with van der Waals surface area (Å²) in [6.07, 6.45) is 1.05. The molecule has 1 atom stereocenters. The van der Waals surface area contributed by atoms with E-state index in [9.17, 15) is 4.79 Å². The number of ether oxygens (including phenoxy) is 1. The van der Waals surface area contributed by atoms with Gasteiger partial charge in [-0.25, -0.2) is 4.79 Å². The Labute approximate surface area is 162 Å². The summed E-state index contributed by atoms with van der Waals surface area (Å²) in [6.45, 7) is 4.65. The molecule has 6 nitrogen and oxygen atoms in total. The fourth-order valence-corrected chi connectivity index (χ4v) is 3.17. The molecule has 3 rings (SSSR count). The molecule has 140 valence electrons. The number of para-hydroxylation sites is 2. The summed E-state index contributed by atoms with van der Waals surface area (Å²) in [4.78, 5) is 12.0. The van der Waals surface area contributed by atoms with Gasteiger partial charge < -0.3 is 10.1 Å². The molecule has 2 amide bonds. The molecule has 0 saturated heterocycles. The van der Waals surface area contributed by atoms with Crippen molar-refractivity contribution in [2.24, 2.45) is 0 Å². The third kappa shape index (κ3) is 5.27. The quantitative estimate of drug-likeness (QED) is 0.583. The number of nitrogens with one attached hydrogen (secondary N) is 2. The van der Waals surface area contributed by atoms with Crippen LogP contribution < -0.4 is 15.4 Å². The van der Waals surface area contributed by atoms with Crippen LogP contribution >= 0.6 is 11.3 Å². The molecule has 0 fully saturated rings. The van der Waals surface area contributed by atoms with Gasteiger partial charge in [-0.3, -0.25) is 5.32 Å². The minimum Gasteiger partial charge on any atom is -0.486 e. The highest BCUT2D eigenvalue weighted by Crippen LogP contribution is 2.29. The van der Waals surface area contributed by atoms with Crippen LogP contribution in [0.1, 0.15) is 36.8 Å². The summed E-state index contributed by atoms with van der Waals surface area (Å²) < 4.78 is 5.94. The normalized spacial score (nSPS) is 11.6. The maximum atomic E-state index is 12.0. The number of carbonyl (C=O) groups excluding carboxylic acids is 1. The number of nitrogens with zero attached hydrogens (tertiary/aromatic N) is 2. The van der Waals surface area contributed by atoms with Gasteiger partial charge in [0.05, 0.1) is 0 Å². The molecule has 0 spiro atoms. The van der Waals surface area contributed by atoms with Crippen LogP contribution in [0, 0.1) is 0 Å². The fraction of sp³-hybridized carbons (Fsp3) is 0.250. The molecule has 0 radical (unpaired) electrons. The number of rotatable bonds is 7. The number of anilines is 2. The van der Waals surface area contributed by atoms with E-state index < -0.39 is 0 Å². The van der Waals surface area contributed by atoms with Crippen molar-refractivity contribution in [3.63, 3.8) is 0 Å². The average Bonchev–Trinajstić information content (AvgIpc) is 3.14. The zero-order valence-electron chi connectivity index (χ0n) is 15.3. The number of hydrogen-bond acceptors (Lipinski definition) is 5. The number of hydrogen-bond donors (Lipinski definition) is 2. The van der Waals surface area contributed by atoms with Crippen LogP contribution in [-0.2, 0) is 6.61 Å². The van der Waals surface area contributed by atoms with Gasteiger partial charge in [0.2, 0.25) is 5.13 Å². The van der Waals surface area contributed by atoms with Crippen LogP contribution in [0.2, 0.25) is 0 Å². The van der Waals surface area contributed by atoms with Crippen molar-refractivity contribution >= 4 is 28.2 Å². The van der Waals surface area contributed by atoms with E-state index in [4.69, 9.17) is 4.74 Å². The lowest BCUT2D eigenvalue weighted by Crippen LogP contribution is -2.19. The van der Waals surface area contributed by atoms with E-state index in [2.05, 4.69) is 40.7 Å². The summed E-state index contributed by atoms with van der Waals surface area (Å²) in [6, 6.07) is 16.9. The Morgan fingerprint density at radius 3 is 2.59 bits per heavy atom. The molecule has 0 unspecified atom stereocenters. The van der Waals surface area contributed by atoms with Gasteiger partial charge in [-0.2, -0.15) is 0 Å². The Hall–Kier alpha value is -2.93. The topological polar surface area (TPSA) is 76.1 Å². The number of aromatic nitrogens is 2. The van der Waals surface area contributed by atoms with Gasteiger partial charge in [-0.1, -0.05) is 61.6 Å². The van der Waals surface area contributed by atoms with Crippen LogP contribution in [0.15, 0.2) is 54.6 Å². The van der Waals surface area contributed by atoms with Crippen molar-refractivity contribution in [2.75, 3.05) is 10.6 Å². The monoisotopic (exact) mass is 382 g/mol. The van der Waals surface area contributed by atoms with Crippen LogP contribution in [0.4, 0.5) is 15.6 Å². The second kappa shape index (κ2) is 9.14. The molecule has 0 aliphatic heterocycles. The lowest BCUT2D eigenvalue weighted by molar-refractivity contribution is 0.262. The lowest BCUT2D eigenvalue weighted by atomic mass is 9.98. The van der Waals surface area contributed by atoms with E-state index >= 15 is 0 Å². The smallest absolute Gasteiger partial charge is 0.325 e. The highest BCUT2D eigenvalue weighted by Gasteiger charge is 2.12. The van der Waals surface area contributed by atoms with E-state index in [1.165, 1.54) is 16.9 Å². The molecule has 0 aliphatic rings. The van der Waals surface area contributed by atoms with Crippen LogP contribution in [-0.4, -0.2) is 16.2 Å². The maximum Gasteiger partial charge on any atom is 0.325 e. The predicted molar refractivity (Wildman–Crippen MR) is 108 cm³/mol. The Morgan fingerprint density at radius 1 is 1.07 bits per heavy atom. The van der Waals surface area contributed by atoms with Gasteiger partial charge in [0.25, 0.3) is 0 Å². The molecule has 0 aliphatic carbocycles. The number of urea groups is 1. The second-order valence-corrected chi connectivity index (χ2v) is 7.14. The SMILES string of the molecule is CC[C@@H](C)c1ccccc1OCc1nnc(NC(=O)Nc2ccccc2)s1. The summed E-state index contributed by atoms with van der Waals surface area (Å²) in [7, 11) is 0. The van der Waals surface area contributed by atoms with E-state index in [1.807, 2.05) is 48.5 Å². The van der Waals surface area contributed by atoms with Gasteiger partial charge in [-0.05, 0) is 36.1 Å². The first kappa shape index (κ1) is 18.8. The van der Waals surface area contributed by atoms with Crippen molar-refractivity contribution in [1.29, 1.82) is 0 Å². The zero-order valence-corrected chi connectivity index (χ0v) is 16.1. The van der Waals surface area contributed by atoms with Crippen LogP contribution in [0.25, 0.3) is 0 Å². The first-order chi connectivity index (χ1) is 13.2. The van der Waals surface area contributed by atoms with Gasteiger partial charge in [0, 0.05) is 5.69 Å². The predicted octanol–water partition coefficient (Wildman–Crippen LogP) is 5.27. The largest absolute Gasteiger partial charge is 0.486 e. The molecule has 27 heavy (non-hydrogen) atoms. The van der Waals surface area contributed by atoms with Crippen LogP contribution in [0.5, 0.6) is 5.75 Å². The Balaban J connectivity index is 1.56. The molecule has 2 aromatic carbocycles. The second-order valence-electron chi connectivity index (χ2n) is 6.08. The molecule has 0 bridgehead atoms.